The number of hydrogen-bond donors (Lipinski definition) is 3. The zero-order valence-electron chi connectivity index (χ0n) is 16.2. The van der Waals surface area contributed by atoms with E-state index in [0.717, 1.165) is 31.4 Å². The van der Waals surface area contributed by atoms with Gasteiger partial charge in [-0.05, 0) is 43.7 Å². The Morgan fingerprint density at radius 1 is 1.15 bits per heavy atom. The molecule has 1 aromatic rings. The highest BCUT2D eigenvalue weighted by Crippen LogP contribution is 2.23. The van der Waals surface area contributed by atoms with Crippen LogP contribution in [0.5, 0.6) is 0 Å². The second-order valence-corrected chi connectivity index (χ2v) is 7.13. The predicted molar refractivity (Wildman–Crippen MR) is 108 cm³/mol. The molecule has 0 aromatic carbocycles. The number of nitrogens with zero attached hydrogens (tertiary/aromatic N) is 2. The van der Waals surface area contributed by atoms with Gasteiger partial charge in [0.15, 0.2) is 5.96 Å². The fourth-order valence-corrected chi connectivity index (χ4v) is 3.22. The number of guanidine groups is 1. The molecule has 1 amide bonds. The van der Waals surface area contributed by atoms with E-state index in [0.29, 0.717) is 31.4 Å². The van der Waals surface area contributed by atoms with Crippen LogP contribution >= 0.6 is 0 Å². The van der Waals surface area contributed by atoms with Crippen molar-refractivity contribution < 1.29 is 9.63 Å². The second kappa shape index (κ2) is 13.1. The van der Waals surface area contributed by atoms with E-state index in [-0.39, 0.29) is 5.91 Å². The molecule has 1 heterocycles. The van der Waals surface area contributed by atoms with Gasteiger partial charge in [0.05, 0.1) is 6.61 Å². The Balaban J connectivity index is 1.42. The summed E-state index contributed by atoms with van der Waals surface area (Å²) in [6.45, 7) is 1.33. The fourth-order valence-electron chi connectivity index (χ4n) is 3.22. The average Bonchev–Trinajstić information content (AvgIpc) is 2.69. The van der Waals surface area contributed by atoms with E-state index in [1.807, 2.05) is 12.1 Å². The third kappa shape index (κ3) is 9.94. The predicted octanol–water partition coefficient (Wildman–Crippen LogP) is 3.39. The summed E-state index contributed by atoms with van der Waals surface area (Å²) >= 11 is 0. The smallest absolute Gasteiger partial charge is 0.243 e. The van der Waals surface area contributed by atoms with Gasteiger partial charge in [0.1, 0.15) is 0 Å². The standard InChI is InChI=1S/C20H33N5O2/c21-20(24-18-11-14-22-15-12-18)23-13-7-2-1-6-10-19(26)25-27-16-17-8-4-3-5-9-17/h11-12,14-15,17H,1-10,13,16H2,(H,25,26)(H3,21,22,23,24). The van der Waals surface area contributed by atoms with Crippen LogP contribution in [0.25, 0.3) is 0 Å². The maximum Gasteiger partial charge on any atom is 0.243 e. The molecule has 2 rings (SSSR count). The lowest BCUT2D eigenvalue weighted by molar-refractivity contribution is -0.135. The Labute approximate surface area is 162 Å². The highest BCUT2D eigenvalue weighted by molar-refractivity contribution is 5.92. The molecule has 150 valence electrons. The Morgan fingerprint density at radius 3 is 2.67 bits per heavy atom. The molecule has 1 aromatic heterocycles. The summed E-state index contributed by atoms with van der Waals surface area (Å²) in [5.41, 5.74) is 9.30. The van der Waals surface area contributed by atoms with Crippen molar-refractivity contribution in [2.75, 3.05) is 18.5 Å². The molecule has 0 bridgehead atoms. The van der Waals surface area contributed by atoms with Crippen LogP contribution in [-0.2, 0) is 9.63 Å². The third-order valence-corrected chi connectivity index (χ3v) is 4.78. The molecular weight excluding hydrogens is 342 g/mol. The minimum atomic E-state index is -0.0189. The summed E-state index contributed by atoms with van der Waals surface area (Å²) in [5, 5.41) is 3.02. The number of aliphatic imine (C=N–C) groups is 1. The van der Waals surface area contributed by atoms with Crippen molar-refractivity contribution >= 4 is 17.6 Å². The van der Waals surface area contributed by atoms with Gasteiger partial charge >= 0.3 is 0 Å². The Bertz CT molecular complexity index is 559. The van der Waals surface area contributed by atoms with Gasteiger partial charge in [0.25, 0.3) is 0 Å². The van der Waals surface area contributed by atoms with Gasteiger partial charge in [-0.1, -0.05) is 32.1 Å². The van der Waals surface area contributed by atoms with Crippen molar-refractivity contribution in [2.45, 2.75) is 64.2 Å². The monoisotopic (exact) mass is 375 g/mol. The normalized spacial score (nSPS) is 15.5. The number of pyridine rings is 1. The van der Waals surface area contributed by atoms with Crippen molar-refractivity contribution in [1.29, 1.82) is 0 Å². The van der Waals surface area contributed by atoms with Crippen LogP contribution in [0.1, 0.15) is 64.2 Å². The number of amides is 1. The SMILES string of the molecule is NC(=NCCCCCCC(=O)NOCC1CCCCC1)Nc1ccncc1. The number of carbonyl (C=O) groups excluding carboxylic acids is 1. The number of hydroxylamine groups is 1. The maximum atomic E-state index is 11.7. The molecule has 27 heavy (non-hydrogen) atoms. The summed E-state index contributed by atoms with van der Waals surface area (Å²) in [7, 11) is 0. The molecule has 0 spiro atoms. The highest BCUT2D eigenvalue weighted by atomic mass is 16.6. The molecule has 0 unspecified atom stereocenters. The number of rotatable bonds is 11. The van der Waals surface area contributed by atoms with Gasteiger partial charge in [0.2, 0.25) is 5.91 Å². The minimum absolute atomic E-state index is 0.0189. The topological polar surface area (TPSA) is 102 Å². The number of anilines is 1. The van der Waals surface area contributed by atoms with Crippen LogP contribution in [0.4, 0.5) is 5.69 Å². The molecule has 7 heteroatoms. The quantitative estimate of drug-likeness (QED) is 0.238. The molecule has 0 atom stereocenters. The highest BCUT2D eigenvalue weighted by Gasteiger charge is 2.13. The van der Waals surface area contributed by atoms with Gasteiger partial charge in [-0.25, -0.2) is 5.48 Å². The van der Waals surface area contributed by atoms with E-state index in [1.165, 1.54) is 32.1 Å². The first-order valence-corrected chi connectivity index (χ1v) is 10.1. The van der Waals surface area contributed by atoms with Crippen LogP contribution < -0.4 is 16.5 Å². The van der Waals surface area contributed by atoms with Crippen LogP contribution in [-0.4, -0.2) is 30.0 Å². The molecule has 1 fully saturated rings. The molecular formula is C20H33N5O2. The molecule has 0 radical (unpaired) electrons. The minimum Gasteiger partial charge on any atom is -0.370 e. The van der Waals surface area contributed by atoms with Crippen molar-refractivity contribution in [3.63, 3.8) is 0 Å². The fraction of sp³-hybridized carbons (Fsp3) is 0.650. The van der Waals surface area contributed by atoms with E-state index in [2.05, 4.69) is 20.8 Å². The lowest BCUT2D eigenvalue weighted by Gasteiger charge is -2.20. The van der Waals surface area contributed by atoms with E-state index >= 15 is 0 Å². The van der Waals surface area contributed by atoms with E-state index in [1.54, 1.807) is 12.4 Å². The molecule has 1 aliphatic carbocycles. The number of nitrogens with two attached hydrogens (primary N) is 1. The lowest BCUT2D eigenvalue weighted by Crippen LogP contribution is -2.27. The molecule has 0 saturated heterocycles. The van der Waals surface area contributed by atoms with E-state index in [9.17, 15) is 4.79 Å². The van der Waals surface area contributed by atoms with Crippen molar-refractivity contribution in [1.82, 2.24) is 10.5 Å². The Kier molecular flexibility index (Phi) is 10.3. The van der Waals surface area contributed by atoms with E-state index < -0.39 is 0 Å². The van der Waals surface area contributed by atoms with Crippen LogP contribution in [0.2, 0.25) is 0 Å². The molecule has 4 N–H and O–H groups in total. The summed E-state index contributed by atoms with van der Waals surface area (Å²) < 4.78 is 0. The second-order valence-electron chi connectivity index (χ2n) is 7.13. The zero-order valence-corrected chi connectivity index (χ0v) is 16.2. The largest absolute Gasteiger partial charge is 0.370 e. The van der Waals surface area contributed by atoms with Crippen LogP contribution in [0.3, 0.4) is 0 Å². The summed E-state index contributed by atoms with van der Waals surface area (Å²) in [6.07, 6.45) is 14.1. The van der Waals surface area contributed by atoms with Gasteiger partial charge in [0, 0.05) is 31.0 Å². The number of aromatic nitrogens is 1. The first-order valence-electron chi connectivity index (χ1n) is 10.1. The van der Waals surface area contributed by atoms with Gasteiger partial charge in [-0.3, -0.25) is 19.6 Å². The third-order valence-electron chi connectivity index (χ3n) is 4.78. The van der Waals surface area contributed by atoms with E-state index in [4.69, 9.17) is 10.6 Å². The molecule has 1 saturated carbocycles. The first kappa shape index (κ1) is 21.2. The summed E-state index contributed by atoms with van der Waals surface area (Å²) in [5.74, 6) is 1.01. The maximum absolute atomic E-state index is 11.7. The van der Waals surface area contributed by atoms with Crippen molar-refractivity contribution in [3.05, 3.63) is 24.5 Å². The molecule has 0 aliphatic heterocycles. The Hall–Kier alpha value is -2.15. The van der Waals surface area contributed by atoms with Crippen molar-refractivity contribution in [3.8, 4) is 0 Å². The van der Waals surface area contributed by atoms with Crippen molar-refractivity contribution in [2.24, 2.45) is 16.6 Å². The average molecular weight is 376 g/mol. The van der Waals surface area contributed by atoms with Crippen LogP contribution in [0, 0.1) is 5.92 Å². The summed E-state index contributed by atoms with van der Waals surface area (Å²) in [6, 6.07) is 3.68. The van der Waals surface area contributed by atoms with Gasteiger partial charge in [-0.15, -0.1) is 0 Å². The number of unbranched alkanes of at least 4 members (excludes halogenated alkanes) is 3. The number of nitrogens with one attached hydrogen (secondary N) is 2. The molecule has 1 aliphatic rings. The number of hydrogen-bond acceptors (Lipinski definition) is 4. The van der Waals surface area contributed by atoms with Gasteiger partial charge < -0.3 is 11.1 Å². The van der Waals surface area contributed by atoms with Crippen LogP contribution in [0.15, 0.2) is 29.5 Å². The summed E-state index contributed by atoms with van der Waals surface area (Å²) in [4.78, 5) is 25.4. The van der Waals surface area contributed by atoms with Gasteiger partial charge in [-0.2, -0.15) is 0 Å². The lowest BCUT2D eigenvalue weighted by atomic mass is 9.90. The molecule has 7 nitrogen and oxygen atoms in total. The Morgan fingerprint density at radius 2 is 1.89 bits per heavy atom. The number of carbonyl (C=O) groups is 1. The first-order chi connectivity index (χ1) is 13.2. The zero-order chi connectivity index (χ0) is 19.2.